The molecule has 1 saturated carbocycles. The molecule has 38 heavy (non-hydrogen) atoms. The van der Waals surface area contributed by atoms with Crippen LogP contribution in [0, 0.1) is 23.7 Å². The summed E-state index contributed by atoms with van der Waals surface area (Å²) in [6.45, 7) is 7.14. The largest absolute Gasteiger partial charge is 0.508 e. The number of carbonyl (C=O) groups excluding carboxylic acids is 2. The van der Waals surface area contributed by atoms with Crippen LogP contribution < -0.4 is 0 Å². The van der Waals surface area contributed by atoms with E-state index in [4.69, 9.17) is 16.3 Å². The third-order valence-corrected chi connectivity index (χ3v) is 9.58. The quantitative estimate of drug-likeness (QED) is 0.278. The summed E-state index contributed by atoms with van der Waals surface area (Å²) in [7, 11) is 0. The van der Waals surface area contributed by atoms with Gasteiger partial charge in [-0.3, -0.25) is 14.5 Å². The fourth-order valence-corrected chi connectivity index (χ4v) is 7.67. The van der Waals surface area contributed by atoms with E-state index in [0.717, 1.165) is 56.9 Å². The number of aromatic hydroxyl groups is 1. The first-order valence-corrected chi connectivity index (χ1v) is 15.1. The van der Waals surface area contributed by atoms with E-state index < -0.39 is 0 Å². The van der Waals surface area contributed by atoms with Gasteiger partial charge >= 0.3 is 0 Å². The SMILES string of the molecule is CCC/C(=C\c1ccc(O)cc1Cl)CC[C@H]1OC[C@H]2C1=C(C(C)C)C[C@H]1C(=O)N(C3CCCCC3)C(=O)[C@H]12. The molecule has 0 aromatic heterocycles. The third-order valence-electron chi connectivity index (χ3n) is 9.26. The van der Waals surface area contributed by atoms with Crippen LogP contribution in [0.1, 0.15) is 90.5 Å². The van der Waals surface area contributed by atoms with E-state index >= 15 is 0 Å². The smallest absolute Gasteiger partial charge is 0.234 e. The summed E-state index contributed by atoms with van der Waals surface area (Å²) in [5, 5.41) is 10.3. The lowest BCUT2D eigenvalue weighted by Gasteiger charge is -2.33. The lowest BCUT2D eigenvalue weighted by Crippen LogP contribution is -2.42. The minimum atomic E-state index is -0.256. The van der Waals surface area contributed by atoms with E-state index in [-0.39, 0.29) is 47.5 Å². The van der Waals surface area contributed by atoms with Crippen LogP contribution in [0.25, 0.3) is 6.08 Å². The van der Waals surface area contributed by atoms with Crippen LogP contribution in [-0.4, -0.2) is 40.6 Å². The van der Waals surface area contributed by atoms with E-state index in [0.29, 0.717) is 24.0 Å². The first-order chi connectivity index (χ1) is 18.3. The predicted molar refractivity (Wildman–Crippen MR) is 151 cm³/mol. The van der Waals surface area contributed by atoms with Crippen molar-refractivity contribution in [3.05, 3.63) is 45.5 Å². The van der Waals surface area contributed by atoms with Gasteiger partial charge in [0.25, 0.3) is 0 Å². The van der Waals surface area contributed by atoms with Gasteiger partial charge in [-0.25, -0.2) is 0 Å². The third kappa shape index (κ3) is 5.21. The van der Waals surface area contributed by atoms with Gasteiger partial charge in [0.05, 0.1) is 29.6 Å². The Morgan fingerprint density at radius 1 is 1.13 bits per heavy atom. The zero-order valence-electron chi connectivity index (χ0n) is 23.0. The molecule has 1 N–H and O–H groups in total. The number of imide groups is 1. The van der Waals surface area contributed by atoms with Gasteiger partial charge in [-0.15, -0.1) is 0 Å². The Balaban J connectivity index is 1.37. The number of hydrogen-bond donors (Lipinski definition) is 1. The molecule has 5 nitrogen and oxygen atoms in total. The van der Waals surface area contributed by atoms with Crippen LogP contribution in [0.2, 0.25) is 5.02 Å². The maximum absolute atomic E-state index is 13.8. The molecular formula is C32H42ClNO4. The zero-order valence-corrected chi connectivity index (χ0v) is 23.8. The van der Waals surface area contributed by atoms with Crippen molar-refractivity contribution in [3.63, 3.8) is 0 Å². The molecule has 5 rings (SSSR count). The van der Waals surface area contributed by atoms with Crippen molar-refractivity contribution in [2.24, 2.45) is 23.7 Å². The maximum Gasteiger partial charge on any atom is 0.234 e. The van der Waals surface area contributed by atoms with Crippen molar-refractivity contribution in [2.75, 3.05) is 6.61 Å². The van der Waals surface area contributed by atoms with Crippen LogP contribution in [0.5, 0.6) is 5.75 Å². The minimum Gasteiger partial charge on any atom is -0.508 e. The van der Waals surface area contributed by atoms with Gasteiger partial charge in [0.1, 0.15) is 5.75 Å². The molecule has 0 radical (unpaired) electrons. The van der Waals surface area contributed by atoms with Crippen molar-refractivity contribution in [1.29, 1.82) is 0 Å². The molecule has 2 aliphatic heterocycles. The monoisotopic (exact) mass is 539 g/mol. The predicted octanol–water partition coefficient (Wildman–Crippen LogP) is 7.31. The fourth-order valence-electron chi connectivity index (χ4n) is 7.44. The highest BCUT2D eigenvalue weighted by molar-refractivity contribution is 6.32. The number of likely N-dealkylation sites (tertiary alicyclic amines) is 1. The number of amides is 2. The molecule has 0 unspecified atom stereocenters. The van der Waals surface area contributed by atoms with Gasteiger partial charge in [0, 0.05) is 12.0 Å². The first-order valence-electron chi connectivity index (χ1n) is 14.7. The number of allylic oxidation sites excluding steroid dienone is 2. The molecule has 1 aromatic rings. The molecule has 0 bridgehead atoms. The van der Waals surface area contributed by atoms with Crippen molar-refractivity contribution in [1.82, 2.24) is 4.90 Å². The molecule has 2 aliphatic carbocycles. The molecule has 206 valence electrons. The number of carbonyl (C=O) groups is 2. The van der Waals surface area contributed by atoms with Crippen LogP contribution in [-0.2, 0) is 14.3 Å². The second-order valence-electron chi connectivity index (χ2n) is 12.0. The average molecular weight is 540 g/mol. The maximum atomic E-state index is 13.8. The Hall–Kier alpha value is -2.11. The van der Waals surface area contributed by atoms with E-state index in [2.05, 4.69) is 26.8 Å². The molecule has 0 spiro atoms. The number of rotatable bonds is 8. The summed E-state index contributed by atoms with van der Waals surface area (Å²) in [6, 6.07) is 5.19. The number of phenolic OH excluding ortho intramolecular Hbond substituents is 1. The first kappa shape index (κ1) is 27.5. The van der Waals surface area contributed by atoms with Gasteiger partial charge in [0.15, 0.2) is 0 Å². The zero-order chi connectivity index (χ0) is 27.0. The number of hydrogen-bond acceptors (Lipinski definition) is 4. The summed E-state index contributed by atoms with van der Waals surface area (Å²) in [5.74, 6) is 0.178. The number of phenols is 1. The van der Waals surface area contributed by atoms with Crippen LogP contribution in [0.3, 0.4) is 0 Å². The molecular weight excluding hydrogens is 498 g/mol. The molecule has 6 heteroatoms. The molecule has 1 aromatic carbocycles. The summed E-state index contributed by atoms with van der Waals surface area (Å²) < 4.78 is 6.44. The Kier molecular flexibility index (Phi) is 8.35. The Morgan fingerprint density at radius 2 is 1.89 bits per heavy atom. The molecule has 4 aliphatic rings. The Morgan fingerprint density at radius 3 is 2.58 bits per heavy atom. The molecule has 2 heterocycles. The van der Waals surface area contributed by atoms with Gasteiger partial charge in [-0.2, -0.15) is 0 Å². The lowest BCUT2D eigenvalue weighted by atomic mass is 9.67. The van der Waals surface area contributed by atoms with Crippen LogP contribution >= 0.6 is 11.6 Å². The fraction of sp³-hybridized carbons (Fsp3) is 0.625. The minimum absolute atomic E-state index is 0.0134. The van der Waals surface area contributed by atoms with E-state index in [9.17, 15) is 14.7 Å². The van der Waals surface area contributed by atoms with Gasteiger partial charge in [-0.05, 0) is 73.8 Å². The van der Waals surface area contributed by atoms with Crippen molar-refractivity contribution in [2.45, 2.75) is 97.1 Å². The lowest BCUT2D eigenvalue weighted by molar-refractivity contribution is -0.143. The highest BCUT2D eigenvalue weighted by atomic mass is 35.5. The number of benzene rings is 1. The number of nitrogens with zero attached hydrogens (tertiary/aromatic N) is 1. The normalized spacial score (nSPS) is 28.4. The van der Waals surface area contributed by atoms with Crippen LogP contribution in [0.4, 0.5) is 0 Å². The summed E-state index contributed by atoms with van der Waals surface area (Å²) in [6.07, 6.45) is 11.9. The van der Waals surface area contributed by atoms with Crippen molar-refractivity contribution < 1.29 is 19.4 Å². The van der Waals surface area contributed by atoms with Gasteiger partial charge in [-0.1, -0.05) is 75.3 Å². The molecule has 3 fully saturated rings. The molecule has 2 amide bonds. The van der Waals surface area contributed by atoms with Gasteiger partial charge < -0.3 is 9.84 Å². The van der Waals surface area contributed by atoms with Crippen molar-refractivity contribution in [3.8, 4) is 5.75 Å². The standard InChI is InChI=1S/C32H42ClNO4/c1-4-8-20(15-21-12-13-23(35)16-27(21)33)11-14-28-29-24(19(2)3)17-25-30(26(29)18-38-28)32(37)34(31(25)36)22-9-6-5-7-10-22/h12-13,15-16,19,22,25-26,28,30,35H,4-11,14,17-18H2,1-3H3/b20-15+/t25-,26+,28-,30-/m1/s1. The number of halogens is 1. The van der Waals surface area contributed by atoms with E-state index in [1.54, 1.807) is 17.0 Å². The summed E-state index contributed by atoms with van der Waals surface area (Å²) in [4.78, 5) is 29.1. The highest BCUT2D eigenvalue weighted by Crippen LogP contribution is 2.52. The average Bonchev–Trinajstić information content (AvgIpc) is 3.42. The van der Waals surface area contributed by atoms with Crippen LogP contribution in [0.15, 0.2) is 34.9 Å². The summed E-state index contributed by atoms with van der Waals surface area (Å²) in [5.41, 5.74) is 4.88. The van der Waals surface area contributed by atoms with Crippen molar-refractivity contribution >= 4 is 29.5 Å². The second-order valence-corrected chi connectivity index (χ2v) is 12.4. The number of fused-ring (bicyclic) bond motifs is 3. The Labute approximate surface area is 232 Å². The molecule has 2 saturated heterocycles. The highest BCUT2D eigenvalue weighted by Gasteiger charge is 2.58. The summed E-state index contributed by atoms with van der Waals surface area (Å²) >= 11 is 6.39. The van der Waals surface area contributed by atoms with Gasteiger partial charge in [0.2, 0.25) is 11.8 Å². The second kappa shape index (κ2) is 11.6. The Bertz CT molecular complexity index is 1130. The van der Waals surface area contributed by atoms with E-state index in [1.807, 2.05) is 6.07 Å². The topological polar surface area (TPSA) is 66.8 Å². The number of ether oxygens (including phenoxy) is 1. The van der Waals surface area contributed by atoms with E-state index in [1.165, 1.54) is 23.1 Å². The molecule has 4 atom stereocenters.